The van der Waals surface area contributed by atoms with E-state index in [9.17, 15) is 22.4 Å². The van der Waals surface area contributed by atoms with Crippen molar-refractivity contribution >= 4 is 5.91 Å². The van der Waals surface area contributed by atoms with Gasteiger partial charge in [-0.05, 0) is 18.2 Å². The Bertz CT molecular complexity index is 386. The summed E-state index contributed by atoms with van der Waals surface area (Å²) < 4.78 is 49.4. The molecule has 82 valence electrons. The first-order valence-corrected chi connectivity index (χ1v) is 3.94. The van der Waals surface area contributed by atoms with Gasteiger partial charge in [0.15, 0.2) is 0 Å². The Morgan fingerprint density at radius 3 is 2.33 bits per heavy atom. The van der Waals surface area contributed by atoms with E-state index in [-0.39, 0.29) is 5.56 Å². The zero-order valence-electron chi connectivity index (χ0n) is 7.65. The van der Waals surface area contributed by atoms with Gasteiger partial charge in [0.1, 0.15) is 5.82 Å². The summed E-state index contributed by atoms with van der Waals surface area (Å²) in [6.07, 6.45) is -4.66. The third-order valence-corrected chi connectivity index (χ3v) is 1.71. The SMILES string of the molecule is CNC(=O)c1cc(F)cc(C(F)(F)F)c1. The fourth-order valence-corrected chi connectivity index (χ4v) is 1.03. The number of amides is 1. The Morgan fingerprint density at radius 2 is 1.87 bits per heavy atom. The topological polar surface area (TPSA) is 29.1 Å². The van der Waals surface area contributed by atoms with Crippen LogP contribution in [0.2, 0.25) is 0 Å². The molecular weight excluding hydrogens is 214 g/mol. The lowest BCUT2D eigenvalue weighted by atomic mass is 10.1. The number of rotatable bonds is 1. The summed E-state index contributed by atoms with van der Waals surface area (Å²) >= 11 is 0. The molecule has 0 atom stereocenters. The van der Waals surface area contributed by atoms with Crippen LogP contribution in [0.4, 0.5) is 17.6 Å². The molecule has 0 aliphatic rings. The van der Waals surface area contributed by atoms with Gasteiger partial charge in [0, 0.05) is 12.6 Å². The summed E-state index contributed by atoms with van der Waals surface area (Å²) in [5.74, 6) is -1.86. The van der Waals surface area contributed by atoms with Crippen molar-refractivity contribution in [3.63, 3.8) is 0 Å². The molecule has 1 amide bonds. The molecular formula is C9H7F4NO. The molecule has 0 unspecified atom stereocenters. The summed E-state index contributed by atoms with van der Waals surface area (Å²) in [6, 6.07) is 1.68. The molecule has 1 aromatic rings. The molecule has 0 radical (unpaired) electrons. The Morgan fingerprint density at radius 1 is 1.27 bits per heavy atom. The van der Waals surface area contributed by atoms with Crippen LogP contribution in [0.3, 0.4) is 0 Å². The van der Waals surface area contributed by atoms with Crippen molar-refractivity contribution in [3.8, 4) is 0 Å². The highest BCUT2D eigenvalue weighted by atomic mass is 19.4. The van der Waals surface area contributed by atoms with Crippen molar-refractivity contribution in [3.05, 3.63) is 35.1 Å². The maximum atomic E-state index is 12.8. The van der Waals surface area contributed by atoms with E-state index in [0.717, 1.165) is 6.07 Å². The van der Waals surface area contributed by atoms with Gasteiger partial charge in [0.2, 0.25) is 0 Å². The zero-order chi connectivity index (χ0) is 11.6. The summed E-state index contributed by atoms with van der Waals surface area (Å²) in [5, 5.41) is 2.11. The standard InChI is InChI=1S/C9H7F4NO/c1-14-8(15)5-2-6(9(11,12)13)4-7(10)3-5/h2-4H,1H3,(H,14,15). The molecule has 0 saturated heterocycles. The number of halogens is 4. The monoisotopic (exact) mass is 221 g/mol. The van der Waals surface area contributed by atoms with Gasteiger partial charge in [-0.3, -0.25) is 4.79 Å². The maximum Gasteiger partial charge on any atom is 0.416 e. The molecule has 2 nitrogen and oxygen atoms in total. The van der Waals surface area contributed by atoms with Crippen LogP contribution in [0, 0.1) is 5.82 Å². The Kier molecular flexibility index (Phi) is 2.97. The van der Waals surface area contributed by atoms with Crippen molar-refractivity contribution in [1.82, 2.24) is 5.32 Å². The normalized spacial score (nSPS) is 11.3. The molecule has 0 aliphatic heterocycles. The average Bonchev–Trinajstić information content (AvgIpc) is 2.14. The van der Waals surface area contributed by atoms with Gasteiger partial charge in [-0.1, -0.05) is 0 Å². The summed E-state index contributed by atoms with van der Waals surface area (Å²) in [7, 11) is 1.25. The molecule has 0 aliphatic carbocycles. The minimum atomic E-state index is -4.66. The lowest BCUT2D eigenvalue weighted by Gasteiger charge is -2.08. The van der Waals surface area contributed by atoms with E-state index in [1.165, 1.54) is 7.05 Å². The molecule has 0 bridgehead atoms. The van der Waals surface area contributed by atoms with Crippen LogP contribution in [0.5, 0.6) is 0 Å². The predicted octanol–water partition coefficient (Wildman–Crippen LogP) is 2.20. The van der Waals surface area contributed by atoms with Gasteiger partial charge in [-0.15, -0.1) is 0 Å². The van der Waals surface area contributed by atoms with E-state index >= 15 is 0 Å². The van der Waals surface area contributed by atoms with Gasteiger partial charge < -0.3 is 5.32 Å². The van der Waals surface area contributed by atoms with Gasteiger partial charge in [0.05, 0.1) is 5.56 Å². The highest BCUT2D eigenvalue weighted by Gasteiger charge is 2.31. The Balaban J connectivity index is 3.23. The number of alkyl halides is 3. The molecule has 0 saturated carbocycles. The first-order chi connectivity index (χ1) is 6.84. The van der Waals surface area contributed by atoms with Crippen LogP contribution < -0.4 is 5.32 Å². The third-order valence-electron chi connectivity index (χ3n) is 1.71. The van der Waals surface area contributed by atoms with E-state index in [0.29, 0.717) is 12.1 Å². The number of nitrogens with one attached hydrogen (secondary N) is 1. The molecule has 0 fully saturated rings. The van der Waals surface area contributed by atoms with Crippen molar-refractivity contribution in [2.75, 3.05) is 7.05 Å². The molecule has 0 spiro atoms. The van der Waals surface area contributed by atoms with Crippen LogP contribution in [-0.2, 0) is 6.18 Å². The zero-order valence-corrected chi connectivity index (χ0v) is 7.65. The van der Waals surface area contributed by atoms with Crippen molar-refractivity contribution in [2.24, 2.45) is 0 Å². The molecule has 0 aromatic heterocycles. The van der Waals surface area contributed by atoms with E-state index in [1.807, 2.05) is 0 Å². The van der Waals surface area contributed by atoms with Crippen LogP contribution in [0.1, 0.15) is 15.9 Å². The molecule has 6 heteroatoms. The summed E-state index contributed by atoms with van der Waals surface area (Å²) in [5.41, 5.74) is -1.54. The van der Waals surface area contributed by atoms with Gasteiger partial charge in [0.25, 0.3) is 5.91 Å². The van der Waals surface area contributed by atoms with Gasteiger partial charge in [-0.25, -0.2) is 4.39 Å². The molecule has 1 N–H and O–H groups in total. The number of carbonyl (C=O) groups excluding carboxylic acids is 1. The second-order valence-corrected chi connectivity index (χ2v) is 2.81. The fraction of sp³-hybridized carbons (Fsp3) is 0.222. The van der Waals surface area contributed by atoms with E-state index in [4.69, 9.17) is 0 Å². The van der Waals surface area contributed by atoms with Crippen LogP contribution in [0.25, 0.3) is 0 Å². The molecule has 15 heavy (non-hydrogen) atoms. The number of carbonyl (C=O) groups is 1. The molecule has 0 heterocycles. The predicted molar refractivity (Wildman–Crippen MR) is 44.8 cm³/mol. The molecule has 1 rings (SSSR count). The second-order valence-electron chi connectivity index (χ2n) is 2.81. The maximum absolute atomic E-state index is 12.8. The van der Waals surface area contributed by atoms with Gasteiger partial charge in [-0.2, -0.15) is 13.2 Å². The Labute approximate surface area is 82.9 Å². The lowest BCUT2D eigenvalue weighted by Crippen LogP contribution is -2.19. The summed E-state index contributed by atoms with van der Waals surface area (Å²) in [6.45, 7) is 0. The highest BCUT2D eigenvalue weighted by Crippen LogP contribution is 2.30. The lowest BCUT2D eigenvalue weighted by molar-refractivity contribution is -0.137. The van der Waals surface area contributed by atoms with Gasteiger partial charge >= 0.3 is 6.18 Å². The smallest absolute Gasteiger partial charge is 0.355 e. The molecule has 1 aromatic carbocycles. The van der Waals surface area contributed by atoms with E-state index in [1.54, 1.807) is 0 Å². The number of benzene rings is 1. The van der Waals surface area contributed by atoms with Crippen molar-refractivity contribution in [1.29, 1.82) is 0 Å². The van der Waals surface area contributed by atoms with Crippen molar-refractivity contribution in [2.45, 2.75) is 6.18 Å². The van der Waals surface area contributed by atoms with E-state index in [2.05, 4.69) is 5.32 Å². The van der Waals surface area contributed by atoms with Crippen LogP contribution in [0.15, 0.2) is 18.2 Å². The second kappa shape index (κ2) is 3.88. The van der Waals surface area contributed by atoms with E-state index < -0.39 is 23.5 Å². The largest absolute Gasteiger partial charge is 0.416 e. The average molecular weight is 221 g/mol. The number of hydrogen-bond acceptors (Lipinski definition) is 1. The van der Waals surface area contributed by atoms with Crippen molar-refractivity contribution < 1.29 is 22.4 Å². The first kappa shape index (κ1) is 11.5. The van der Waals surface area contributed by atoms with Crippen LogP contribution >= 0.6 is 0 Å². The Hall–Kier alpha value is -1.59. The minimum Gasteiger partial charge on any atom is -0.355 e. The summed E-state index contributed by atoms with van der Waals surface area (Å²) in [4.78, 5) is 11.0. The third kappa shape index (κ3) is 2.68. The number of hydrogen-bond donors (Lipinski definition) is 1. The van der Waals surface area contributed by atoms with Crippen LogP contribution in [-0.4, -0.2) is 13.0 Å². The minimum absolute atomic E-state index is 0.340. The highest BCUT2D eigenvalue weighted by molar-refractivity contribution is 5.94. The first-order valence-electron chi connectivity index (χ1n) is 3.94. The quantitative estimate of drug-likeness (QED) is 0.723. The fourth-order valence-electron chi connectivity index (χ4n) is 1.03.